The molecular formula is C16H29NO2. The van der Waals surface area contributed by atoms with Crippen molar-refractivity contribution >= 4 is 5.97 Å². The quantitative estimate of drug-likeness (QED) is 0.852. The van der Waals surface area contributed by atoms with E-state index in [9.17, 15) is 9.90 Å². The summed E-state index contributed by atoms with van der Waals surface area (Å²) in [5, 5.41) is 9.43. The lowest BCUT2D eigenvalue weighted by atomic mass is 9.76. The number of carbonyl (C=O) groups is 1. The number of carboxylic acid groups (broad SMARTS) is 1. The maximum atomic E-state index is 11.5. The molecule has 0 spiro atoms. The van der Waals surface area contributed by atoms with Gasteiger partial charge in [0.1, 0.15) is 0 Å². The topological polar surface area (TPSA) is 40.5 Å². The SMILES string of the molecule is CC(C)C1CCCC(N2CCCC(C)(C(=O)O)C2)C1. The highest BCUT2D eigenvalue weighted by atomic mass is 16.4. The Hall–Kier alpha value is -0.570. The zero-order valence-corrected chi connectivity index (χ0v) is 12.7. The van der Waals surface area contributed by atoms with Crippen molar-refractivity contribution in [3.05, 3.63) is 0 Å². The zero-order valence-electron chi connectivity index (χ0n) is 12.7. The molecule has 19 heavy (non-hydrogen) atoms. The highest BCUT2D eigenvalue weighted by Crippen LogP contribution is 2.37. The highest BCUT2D eigenvalue weighted by Gasteiger charge is 2.40. The van der Waals surface area contributed by atoms with Gasteiger partial charge in [0, 0.05) is 12.6 Å². The lowest BCUT2D eigenvalue weighted by Crippen LogP contribution is -2.51. The van der Waals surface area contributed by atoms with E-state index < -0.39 is 11.4 Å². The van der Waals surface area contributed by atoms with E-state index in [1.54, 1.807) is 0 Å². The van der Waals surface area contributed by atoms with Crippen LogP contribution in [0.2, 0.25) is 0 Å². The fraction of sp³-hybridized carbons (Fsp3) is 0.938. The van der Waals surface area contributed by atoms with Gasteiger partial charge in [-0.25, -0.2) is 0 Å². The van der Waals surface area contributed by atoms with E-state index in [2.05, 4.69) is 18.7 Å². The Morgan fingerprint density at radius 2 is 2.05 bits per heavy atom. The molecule has 3 nitrogen and oxygen atoms in total. The fourth-order valence-electron chi connectivity index (χ4n) is 3.90. The summed E-state index contributed by atoms with van der Waals surface area (Å²) in [5.41, 5.74) is -0.525. The second-order valence-electron chi connectivity index (χ2n) is 7.26. The summed E-state index contributed by atoms with van der Waals surface area (Å²) in [6, 6.07) is 0.625. The maximum Gasteiger partial charge on any atom is 0.310 e. The van der Waals surface area contributed by atoms with E-state index in [1.165, 1.54) is 25.7 Å². The number of aliphatic carboxylic acids is 1. The third-order valence-corrected chi connectivity index (χ3v) is 5.39. The minimum Gasteiger partial charge on any atom is -0.481 e. The molecule has 1 aliphatic heterocycles. The van der Waals surface area contributed by atoms with Crippen LogP contribution in [0.4, 0.5) is 0 Å². The van der Waals surface area contributed by atoms with Crippen molar-refractivity contribution in [1.29, 1.82) is 0 Å². The first-order chi connectivity index (χ1) is 8.92. The van der Waals surface area contributed by atoms with Gasteiger partial charge in [0.25, 0.3) is 0 Å². The number of nitrogens with zero attached hydrogens (tertiary/aromatic N) is 1. The number of likely N-dealkylation sites (tertiary alicyclic amines) is 1. The van der Waals surface area contributed by atoms with Gasteiger partial charge in [-0.1, -0.05) is 26.7 Å². The van der Waals surface area contributed by atoms with Gasteiger partial charge in [-0.2, -0.15) is 0 Å². The second kappa shape index (κ2) is 5.82. The molecule has 3 atom stereocenters. The Morgan fingerprint density at radius 1 is 1.32 bits per heavy atom. The average Bonchev–Trinajstić information content (AvgIpc) is 2.39. The van der Waals surface area contributed by atoms with Crippen LogP contribution in [0.5, 0.6) is 0 Å². The molecule has 0 amide bonds. The van der Waals surface area contributed by atoms with Crippen molar-refractivity contribution in [2.75, 3.05) is 13.1 Å². The minimum atomic E-state index is -0.617. The number of hydrogen-bond acceptors (Lipinski definition) is 2. The first kappa shape index (κ1) is 14.8. The smallest absolute Gasteiger partial charge is 0.310 e. The predicted molar refractivity (Wildman–Crippen MR) is 77.1 cm³/mol. The highest BCUT2D eigenvalue weighted by molar-refractivity contribution is 5.74. The number of carboxylic acids is 1. The molecule has 1 heterocycles. The molecule has 0 aromatic heterocycles. The standard InChI is InChI=1S/C16H29NO2/c1-12(2)13-6-4-7-14(10-13)17-9-5-8-16(3,11-17)15(18)19/h12-14H,4-11H2,1-3H3,(H,18,19). The summed E-state index contributed by atoms with van der Waals surface area (Å²) in [7, 11) is 0. The van der Waals surface area contributed by atoms with E-state index >= 15 is 0 Å². The molecule has 0 aromatic carbocycles. The molecule has 2 aliphatic rings. The van der Waals surface area contributed by atoms with E-state index in [1.807, 2.05) is 6.92 Å². The predicted octanol–water partition coefficient (Wildman–Crippen LogP) is 3.39. The third-order valence-electron chi connectivity index (χ3n) is 5.39. The first-order valence-electron chi connectivity index (χ1n) is 7.90. The average molecular weight is 267 g/mol. The van der Waals surface area contributed by atoms with Gasteiger partial charge in [-0.3, -0.25) is 9.69 Å². The molecule has 3 heteroatoms. The van der Waals surface area contributed by atoms with Gasteiger partial charge in [-0.05, 0) is 51.0 Å². The lowest BCUT2D eigenvalue weighted by Gasteiger charge is -2.45. The molecule has 110 valence electrons. The molecule has 1 saturated heterocycles. The number of piperidine rings is 1. The van der Waals surface area contributed by atoms with Crippen LogP contribution < -0.4 is 0 Å². The molecule has 2 fully saturated rings. The Bertz CT molecular complexity index is 329. The molecule has 0 radical (unpaired) electrons. The van der Waals surface area contributed by atoms with Crippen LogP contribution in [0.1, 0.15) is 59.3 Å². The van der Waals surface area contributed by atoms with Crippen molar-refractivity contribution in [3.8, 4) is 0 Å². The first-order valence-corrected chi connectivity index (χ1v) is 7.90. The van der Waals surface area contributed by atoms with E-state index in [0.717, 1.165) is 37.8 Å². The van der Waals surface area contributed by atoms with Crippen LogP contribution in [0.3, 0.4) is 0 Å². The molecule has 3 unspecified atom stereocenters. The van der Waals surface area contributed by atoms with E-state index in [-0.39, 0.29) is 0 Å². The Kier molecular flexibility index (Phi) is 4.54. The van der Waals surface area contributed by atoms with Crippen LogP contribution in [-0.2, 0) is 4.79 Å². The van der Waals surface area contributed by atoms with Gasteiger partial charge in [0.05, 0.1) is 5.41 Å². The lowest BCUT2D eigenvalue weighted by molar-refractivity contribution is -0.152. The Labute approximate surface area is 117 Å². The largest absolute Gasteiger partial charge is 0.481 e. The van der Waals surface area contributed by atoms with Crippen molar-refractivity contribution < 1.29 is 9.90 Å². The van der Waals surface area contributed by atoms with Gasteiger partial charge in [0.15, 0.2) is 0 Å². The molecule has 1 saturated carbocycles. The molecule has 0 bridgehead atoms. The molecule has 0 aromatic rings. The Balaban J connectivity index is 1.99. The molecule has 2 rings (SSSR count). The second-order valence-corrected chi connectivity index (χ2v) is 7.26. The summed E-state index contributed by atoms with van der Waals surface area (Å²) in [5.74, 6) is 0.976. The molecular weight excluding hydrogens is 238 g/mol. The normalized spacial score (nSPS) is 37.5. The Morgan fingerprint density at radius 3 is 2.68 bits per heavy atom. The van der Waals surface area contributed by atoms with Crippen LogP contribution in [0, 0.1) is 17.3 Å². The summed E-state index contributed by atoms with van der Waals surface area (Å²) < 4.78 is 0. The monoisotopic (exact) mass is 267 g/mol. The van der Waals surface area contributed by atoms with Crippen LogP contribution in [0.25, 0.3) is 0 Å². The van der Waals surface area contributed by atoms with Crippen molar-refractivity contribution in [1.82, 2.24) is 4.90 Å². The van der Waals surface area contributed by atoms with E-state index in [4.69, 9.17) is 0 Å². The van der Waals surface area contributed by atoms with Gasteiger partial charge in [-0.15, -0.1) is 0 Å². The molecule has 1 N–H and O–H groups in total. The fourth-order valence-corrected chi connectivity index (χ4v) is 3.90. The zero-order chi connectivity index (χ0) is 14.0. The summed E-state index contributed by atoms with van der Waals surface area (Å²) in [6.07, 6.45) is 7.07. The van der Waals surface area contributed by atoms with Crippen LogP contribution in [-0.4, -0.2) is 35.1 Å². The van der Waals surface area contributed by atoms with Crippen molar-refractivity contribution in [2.45, 2.75) is 65.3 Å². The van der Waals surface area contributed by atoms with Crippen molar-refractivity contribution in [2.24, 2.45) is 17.3 Å². The summed E-state index contributed by atoms with van der Waals surface area (Å²) in [6.45, 7) is 8.41. The van der Waals surface area contributed by atoms with Crippen LogP contribution >= 0.6 is 0 Å². The van der Waals surface area contributed by atoms with Crippen LogP contribution in [0.15, 0.2) is 0 Å². The van der Waals surface area contributed by atoms with E-state index in [0.29, 0.717) is 6.04 Å². The molecule has 1 aliphatic carbocycles. The maximum absolute atomic E-state index is 11.5. The minimum absolute atomic E-state index is 0.525. The third kappa shape index (κ3) is 3.31. The summed E-state index contributed by atoms with van der Waals surface area (Å²) in [4.78, 5) is 13.9. The van der Waals surface area contributed by atoms with Crippen molar-refractivity contribution in [3.63, 3.8) is 0 Å². The van der Waals surface area contributed by atoms with Gasteiger partial charge in [0.2, 0.25) is 0 Å². The van der Waals surface area contributed by atoms with Gasteiger partial charge < -0.3 is 5.11 Å². The summed E-state index contributed by atoms with van der Waals surface area (Å²) >= 11 is 0. The number of rotatable bonds is 3. The number of hydrogen-bond donors (Lipinski definition) is 1. The van der Waals surface area contributed by atoms with Gasteiger partial charge >= 0.3 is 5.97 Å².